The van der Waals surface area contributed by atoms with Crippen LogP contribution in [0.2, 0.25) is 0 Å². The predicted octanol–water partition coefficient (Wildman–Crippen LogP) is 15.3. The van der Waals surface area contributed by atoms with E-state index >= 15 is 0 Å². The fraction of sp³-hybridized carbons (Fsp3) is 0. The lowest BCUT2D eigenvalue weighted by atomic mass is 9.89. The summed E-state index contributed by atoms with van der Waals surface area (Å²) in [6.07, 6.45) is 0. The smallest absolute Gasteiger partial charge is 0.164 e. The van der Waals surface area contributed by atoms with Crippen molar-refractivity contribution in [2.75, 3.05) is 0 Å². The van der Waals surface area contributed by atoms with Crippen LogP contribution in [0, 0.1) is 0 Å². The molecule has 0 aliphatic rings. The summed E-state index contributed by atoms with van der Waals surface area (Å²) in [4.78, 5) is 21.0. The van der Waals surface area contributed by atoms with E-state index in [0.29, 0.717) is 17.5 Å². The molecule has 0 saturated heterocycles. The topological polar surface area (TPSA) is 64.7 Å². The van der Waals surface area contributed by atoms with Gasteiger partial charge < -0.3 is 4.42 Å². The average Bonchev–Trinajstić information content (AvgIpc) is 3.74. The van der Waals surface area contributed by atoms with Crippen LogP contribution in [0.25, 0.3) is 132 Å². The summed E-state index contributed by atoms with van der Waals surface area (Å²) in [5.41, 5.74) is 9.36. The Balaban J connectivity index is 1.04. The molecule has 0 amide bonds. The number of hydrogen-bond acceptors (Lipinski definition) is 5. The van der Waals surface area contributed by atoms with E-state index < -0.39 is 0 Å². The van der Waals surface area contributed by atoms with Gasteiger partial charge in [0.15, 0.2) is 17.5 Å². The molecule has 0 N–H and O–H groups in total. The number of pyridine rings is 1. The maximum absolute atomic E-state index is 6.65. The van der Waals surface area contributed by atoms with Gasteiger partial charge in [0.25, 0.3) is 0 Å². The molecule has 3 aromatic heterocycles. The highest BCUT2D eigenvalue weighted by molar-refractivity contribution is 6.28. The van der Waals surface area contributed by atoms with Gasteiger partial charge in [-0.1, -0.05) is 176 Å². The van der Waals surface area contributed by atoms with E-state index in [-0.39, 0.29) is 0 Å². The fourth-order valence-corrected chi connectivity index (χ4v) is 9.63. The van der Waals surface area contributed by atoms with Crippen molar-refractivity contribution in [3.05, 3.63) is 206 Å². The number of para-hydroxylation sites is 2. The number of aromatic nitrogens is 4. The first-order chi connectivity index (χ1) is 31.2. The van der Waals surface area contributed by atoms with Crippen molar-refractivity contribution < 1.29 is 4.42 Å². The Kier molecular flexibility index (Phi) is 7.84. The monoisotopic (exact) mass is 802 g/mol. The van der Waals surface area contributed by atoms with Gasteiger partial charge in [-0.2, -0.15) is 0 Å². The zero-order chi connectivity index (χ0) is 41.4. The van der Waals surface area contributed by atoms with Crippen molar-refractivity contribution in [1.29, 1.82) is 0 Å². The molecule has 0 radical (unpaired) electrons. The number of hydrogen-bond donors (Lipinski definition) is 0. The van der Waals surface area contributed by atoms with Crippen molar-refractivity contribution in [3.8, 4) is 56.5 Å². The highest BCUT2D eigenvalue weighted by atomic mass is 16.3. The number of furan rings is 1. The molecule has 0 aliphatic carbocycles. The summed E-state index contributed by atoms with van der Waals surface area (Å²) in [5, 5.41) is 12.7. The molecule has 0 saturated carbocycles. The molecular formula is C58H34N4O. The summed E-state index contributed by atoms with van der Waals surface area (Å²) in [5.74, 6) is 1.80. The van der Waals surface area contributed by atoms with Gasteiger partial charge in [0.1, 0.15) is 11.2 Å². The Morgan fingerprint density at radius 3 is 1.48 bits per heavy atom. The van der Waals surface area contributed by atoms with Crippen LogP contribution in [0.3, 0.4) is 0 Å². The molecule has 292 valence electrons. The fourth-order valence-electron chi connectivity index (χ4n) is 9.63. The third-order valence-corrected chi connectivity index (χ3v) is 12.5. The molecule has 0 aliphatic heterocycles. The molecule has 0 atom stereocenters. The molecule has 3 heterocycles. The normalized spacial score (nSPS) is 11.8. The maximum Gasteiger partial charge on any atom is 0.164 e. The molecule has 0 fully saturated rings. The second-order valence-electron chi connectivity index (χ2n) is 16.1. The SMILES string of the molecule is c1ccc(-c2nc(-c3cccc(-c4nc5ccccc5c5c(-c6ccccc6)c6c(cc45)oc4ccccc46)c3)nc(-c3ccc4c5ccccc5c5ccccc5c4c3)n2)cc1. The number of rotatable bonds is 5. The van der Waals surface area contributed by atoms with Gasteiger partial charge in [0, 0.05) is 54.7 Å². The van der Waals surface area contributed by atoms with E-state index in [0.717, 1.165) is 88.1 Å². The molecule has 5 heteroatoms. The lowest BCUT2D eigenvalue weighted by Crippen LogP contribution is -2.00. The molecular weight excluding hydrogens is 769 g/mol. The van der Waals surface area contributed by atoms with E-state index in [1.807, 2.05) is 42.5 Å². The summed E-state index contributed by atoms with van der Waals surface area (Å²) in [7, 11) is 0. The van der Waals surface area contributed by atoms with Gasteiger partial charge in [0.05, 0.1) is 11.2 Å². The molecule has 0 bridgehead atoms. The van der Waals surface area contributed by atoms with Crippen LogP contribution in [-0.2, 0) is 0 Å². The molecule has 13 rings (SSSR count). The first-order valence-electron chi connectivity index (χ1n) is 21.2. The second kappa shape index (κ2) is 14.0. The number of benzene rings is 10. The molecule has 10 aromatic carbocycles. The van der Waals surface area contributed by atoms with E-state index in [9.17, 15) is 0 Å². The lowest BCUT2D eigenvalue weighted by molar-refractivity contribution is 0.669. The summed E-state index contributed by atoms with van der Waals surface area (Å²) < 4.78 is 6.65. The van der Waals surface area contributed by atoms with E-state index in [4.69, 9.17) is 24.4 Å². The Bertz CT molecular complexity index is 3940. The molecule has 5 nitrogen and oxygen atoms in total. The molecule has 0 unspecified atom stereocenters. The Morgan fingerprint density at radius 1 is 0.270 bits per heavy atom. The lowest BCUT2D eigenvalue weighted by Gasteiger charge is -2.16. The van der Waals surface area contributed by atoms with Crippen molar-refractivity contribution in [3.63, 3.8) is 0 Å². The van der Waals surface area contributed by atoms with Gasteiger partial charge in [-0.05, 0) is 68.2 Å². The van der Waals surface area contributed by atoms with Gasteiger partial charge in [-0.25, -0.2) is 19.9 Å². The largest absolute Gasteiger partial charge is 0.456 e. The minimum Gasteiger partial charge on any atom is -0.456 e. The van der Waals surface area contributed by atoms with Crippen molar-refractivity contribution in [1.82, 2.24) is 19.9 Å². The van der Waals surface area contributed by atoms with Crippen LogP contribution in [-0.4, -0.2) is 19.9 Å². The van der Waals surface area contributed by atoms with Gasteiger partial charge in [-0.3, -0.25) is 0 Å². The second-order valence-corrected chi connectivity index (χ2v) is 16.1. The number of nitrogens with zero attached hydrogens (tertiary/aromatic N) is 4. The Labute approximate surface area is 361 Å². The molecule has 0 spiro atoms. The summed E-state index contributed by atoms with van der Waals surface area (Å²) in [6.45, 7) is 0. The van der Waals surface area contributed by atoms with Crippen LogP contribution in [0.5, 0.6) is 0 Å². The van der Waals surface area contributed by atoms with E-state index in [1.54, 1.807) is 0 Å². The van der Waals surface area contributed by atoms with Crippen LogP contribution in [0.15, 0.2) is 211 Å². The Hall–Kier alpha value is -8.54. The molecule has 13 aromatic rings. The van der Waals surface area contributed by atoms with Gasteiger partial charge >= 0.3 is 0 Å². The minimum absolute atomic E-state index is 0.582. The Morgan fingerprint density at radius 2 is 0.778 bits per heavy atom. The molecule has 63 heavy (non-hydrogen) atoms. The first-order valence-corrected chi connectivity index (χ1v) is 21.2. The zero-order valence-electron chi connectivity index (χ0n) is 33.8. The summed E-state index contributed by atoms with van der Waals surface area (Å²) >= 11 is 0. The summed E-state index contributed by atoms with van der Waals surface area (Å²) in [6, 6.07) is 72.0. The van der Waals surface area contributed by atoms with E-state index in [2.05, 4.69) is 164 Å². The van der Waals surface area contributed by atoms with Crippen LogP contribution >= 0.6 is 0 Å². The van der Waals surface area contributed by atoms with Crippen molar-refractivity contribution in [2.24, 2.45) is 0 Å². The number of fused-ring (bicyclic) bond motifs is 12. The highest BCUT2D eigenvalue weighted by Crippen LogP contribution is 2.46. The maximum atomic E-state index is 6.65. The predicted molar refractivity (Wildman–Crippen MR) is 260 cm³/mol. The van der Waals surface area contributed by atoms with Crippen molar-refractivity contribution in [2.45, 2.75) is 0 Å². The average molecular weight is 803 g/mol. The van der Waals surface area contributed by atoms with Crippen molar-refractivity contribution >= 4 is 75.9 Å². The highest BCUT2D eigenvalue weighted by Gasteiger charge is 2.22. The quantitative estimate of drug-likeness (QED) is 0.162. The third-order valence-electron chi connectivity index (χ3n) is 12.5. The van der Waals surface area contributed by atoms with Crippen LogP contribution in [0.4, 0.5) is 0 Å². The minimum atomic E-state index is 0.582. The van der Waals surface area contributed by atoms with Gasteiger partial charge in [0.2, 0.25) is 0 Å². The van der Waals surface area contributed by atoms with Crippen LogP contribution < -0.4 is 0 Å². The van der Waals surface area contributed by atoms with Gasteiger partial charge in [-0.15, -0.1) is 0 Å². The van der Waals surface area contributed by atoms with Crippen LogP contribution in [0.1, 0.15) is 0 Å². The third kappa shape index (κ3) is 5.64. The standard InChI is InChI=1S/C58H34N4O/c1-3-16-35(17-4-1)52-53-45-26-11-13-28-49(45)59-55(48(53)34-51-54(52)46-27-12-14-29-50(46)63-51)37-20-15-21-38(32-37)57-60-56(36-18-5-2-6-19-36)61-58(62-57)39-30-31-44-42-24-8-7-22-40(42)41-23-9-10-25-43(41)47(44)33-39/h1-34H. The zero-order valence-corrected chi connectivity index (χ0v) is 33.8. The van der Waals surface area contributed by atoms with E-state index in [1.165, 1.54) is 26.9 Å². The first kappa shape index (κ1) is 35.2.